The van der Waals surface area contributed by atoms with Crippen LogP contribution in [0, 0.1) is 10.1 Å². The first-order valence-corrected chi connectivity index (χ1v) is 8.35. The molecule has 2 unspecified atom stereocenters. The lowest BCUT2D eigenvalue weighted by atomic mass is 9.92. The fraction of sp³-hybridized carbons (Fsp3) is 0.538. The van der Waals surface area contributed by atoms with Crippen LogP contribution >= 0.6 is 11.6 Å². The number of nitro benzene ring substituents is 1. The number of hydrogen-bond acceptors (Lipinski definition) is 4. The van der Waals surface area contributed by atoms with Crippen molar-refractivity contribution in [2.24, 2.45) is 0 Å². The van der Waals surface area contributed by atoms with Crippen molar-refractivity contribution in [2.75, 3.05) is 14.1 Å². The highest BCUT2D eigenvalue weighted by Gasteiger charge is 2.28. The highest BCUT2D eigenvalue weighted by molar-refractivity contribution is 7.89. The molecule has 1 aromatic carbocycles. The molecule has 0 aliphatic carbocycles. The van der Waals surface area contributed by atoms with Crippen LogP contribution in [-0.4, -0.2) is 37.1 Å². The molecule has 8 heteroatoms. The fourth-order valence-corrected chi connectivity index (χ4v) is 3.39. The van der Waals surface area contributed by atoms with E-state index >= 15 is 0 Å². The first kappa shape index (κ1) is 17.9. The van der Waals surface area contributed by atoms with Crippen LogP contribution in [0.4, 0.5) is 5.69 Å². The third kappa shape index (κ3) is 3.72. The van der Waals surface area contributed by atoms with Crippen LogP contribution in [0.25, 0.3) is 0 Å². The van der Waals surface area contributed by atoms with Crippen molar-refractivity contribution in [3.05, 3.63) is 33.9 Å². The van der Waals surface area contributed by atoms with Crippen LogP contribution < -0.4 is 0 Å². The number of benzene rings is 1. The number of nitro groups is 1. The molecule has 0 aliphatic heterocycles. The summed E-state index contributed by atoms with van der Waals surface area (Å²) in [7, 11) is -0.947. The van der Waals surface area contributed by atoms with Gasteiger partial charge in [0.25, 0.3) is 5.69 Å². The monoisotopic (exact) mass is 334 g/mol. The van der Waals surface area contributed by atoms with E-state index in [0.717, 1.165) is 10.4 Å². The molecule has 0 bridgehead atoms. The summed E-state index contributed by atoms with van der Waals surface area (Å²) in [6.07, 6.45) is 0.630. The van der Waals surface area contributed by atoms with E-state index in [1.807, 2.05) is 6.92 Å². The maximum atomic E-state index is 12.1. The fourth-order valence-electron chi connectivity index (χ4n) is 2.16. The molecule has 1 rings (SSSR count). The molecule has 0 saturated carbocycles. The Morgan fingerprint density at radius 2 is 1.95 bits per heavy atom. The van der Waals surface area contributed by atoms with Gasteiger partial charge in [-0.25, -0.2) is 12.7 Å². The Morgan fingerprint density at radius 1 is 1.38 bits per heavy atom. The van der Waals surface area contributed by atoms with Gasteiger partial charge in [-0.2, -0.15) is 0 Å². The number of alkyl halides is 1. The van der Waals surface area contributed by atoms with Gasteiger partial charge in [0, 0.05) is 37.0 Å². The van der Waals surface area contributed by atoms with E-state index in [1.165, 1.54) is 26.2 Å². The minimum atomic E-state index is -3.71. The van der Waals surface area contributed by atoms with Crippen molar-refractivity contribution >= 4 is 27.3 Å². The maximum absolute atomic E-state index is 12.1. The molecule has 0 heterocycles. The Kier molecular flexibility index (Phi) is 5.72. The minimum Gasteiger partial charge on any atom is -0.258 e. The summed E-state index contributed by atoms with van der Waals surface area (Å²) in [5, 5.41) is 11.0. The molecule has 0 saturated heterocycles. The van der Waals surface area contributed by atoms with Gasteiger partial charge in [0.1, 0.15) is 0 Å². The van der Waals surface area contributed by atoms with Crippen LogP contribution in [0.2, 0.25) is 0 Å². The van der Waals surface area contributed by atoms with E-state index in [2.05, 4.69) is 0 Å². The second-order valence-corrected chi connectivity index (χ2v) is 7.80. The van der Waals surface area contributed by atoms with Gasteiger partial charge in [-0.15, -0.1) is 11.6 Å². The van der Waals surface area contributed by atoms with Gasteiger partial charge < -0.3 is 0 Å². The highest BCUT2D eigenvalue weighted by atomic mass is 35.5. The average Bonchev–Trinajstić information content (AvgIpc) is 2.38. The maximum Gasteiger partial charge on any atom is 0.274 e. The summed E-state index contributed by atoms with van der Waals surface area (Å²) < 4.78 is 25.2. The van der Waals surface area contributed by atoms with Gasteiger partial charge in [-0.05, 0) is 19.4 Å². The van der Waals surface area contributed by atoms with Gasteiger partial charge in [0.05, 0.1) is 9.82 Å². The van der Waals surface area contributed by atoms with E-state index in [9.17, 15) is 18.5 Å². The molecule has 6 nitrogen and oxygen atoms in total. The minimum absolute atomic E-state index is 0.0972. The molecule has 0 spiro atoms. The Labute approximate surface area is 129 Å². The first-order valence-electron chi connectivity index (χ1n) is 6.47. The molecule has 1 aromatic rings. The topological polar surface area (TPSA) is 80.5 Å². The number of sulfonamides is 1. The third-order valence-corrected chi connectivity index (χ3v) is 5.49. The third-order valence-electron chi connectivity index (χ3n) is 3.37. The second-order valence-electron chi connectivity index (χ2n) is 4.96. The van der Waals surface area contributed by atoms with Crippen molar-refractivity contribution < 1.29 is 13.3 Å². The second kappa shape index (κ2) is 6.72. The molecule has 0 aliphatic rings. The van der Waals surface area contributed by atoms with Crippen molar-refractivity contribution in [3.63, 3.8) is 0 Å². The zero-order valence-electron chi connectivity index (χ0n) is 12.4. The number of halogens is 1. The smallest absolute Gasteiger partial charge is 0.258 e. The van der Waals surface area contributed by atoms with Crippen LogP contribution in [0.3, 0.4) is 0 Å². The van der Waals surface area contributed by atoms with Crippen LogP contribution in [-0.2, 0) is 10.0 Å². The Morgan fingerprint density at radius 3 is 2.33 bits per heavy atom. The summed E-state index contributed by atoms with van der Waals surface area (Å²) in [5.41, 5.74) is 0.250. The molecule has 21 heavy (non-hydrogen) atoms. The van der Waals surface area contributed by atoms with Crippen LogP contribution in [0.15, 0.2) is 23.1 Å². The largest absolute Gasteiger partial charge is 0.274 e. The molecular weight excluding hydrogens is 316 g/mol. The lowest BCUT2D eigenvalue weighted by Crippen LogP contribution is -2.22. The number of hydrogen-bond donors (Lipinski definition) is 0. The van der Waals surface area contributed by atoms with E-state index in [1.54, 1.807) is 6.92 Å². The normalized spacial score (nSPS) is 15.0. The Balaban J connectivity index is 3.49. The average molecular weight is 335 g/mol. The van der Waals surface area contributed by atoms with Gasteiger partial charge >= 0.3 is 0 Å². The lowest BCUT2D eigenvalue weighted by Gasteiger charge is -2.19. The summed E-state index contributed by atoms with van der Waals surface area (Å²) in [5.74, 6) is -0.205. The van der Waals surface area contributed by atoms with Crippen molar-refractivity contribution in [2.45, 2.75) is 36.5 Å². The van der Waals surface area contributed by atoms with Crippen LogP contribution in [0.5, 0.6) is 0 Å². The summed E-state index contributed by atoms with van der Waals surface area (Å²) in [4.78, 5) is 10.6. The van der Waals surface area contributed by atoms with E-state index in [0.29, 0.717) is 12.0 Å². The van der Waals surface area contributed by atoms with Gasteiger partial charge in [-0.3, -0.25) is 10.1 Å². The zero-order valence-corrected chi connectivity index (χ0v) is 14.0. The predicted octanol–water partition coefficient (Wildman–Crippen LogP) is 2.97. The van der Waals surface area contributed by atoms with Gasteiger partial charge in [0.2, 0.25) is 10.0 Å². The summed E-state index contributed by atoms with van der Waals surface area (Å²) >= 11 is 6.09. The Bertz CT molecular complexity index is 629. The van der Waals surface area contributed by atoms with Gasteiger partial charge in [-0.1, -0.05) is 13.0 Å². The van der Waals surface area contributed by atoms with E-state index in [4.69, 9.17) is 11.6 Å². The Hall–Kier alpha value is -1.18. The quantitative estimate of drug-likeness (QED) is 0.455. The molecule has 0 N–H and O–H groups in total. The first-order chi connectivity index (χ1) is 9.62. The SMILES string of the molecule is CCC(c1ccc(S(=O)(=O)N(C)C)cc1[N+](=O)[O-])C(C)Cl. The molecule has 0 amide bonds. The van der Waals surface area contributed by atoms with Crippen LogP contribution in [0.1, 0.15) is 31.7 Å². The molecule has 0 fully saturated rings. The van der Waals surface area contributed by atoms with Crippen molar-refractivity contribution in [1.29, 1.82) is 0 Å². The lowest BCUT2D eigenvalue weighted by molar-refractivity contribution is -0.386. The van der Waals surface area contributed by atoms with E-state index < -0.39 is 14.9 Å². The standard InChI is InChI=1S/C13H19ClN2O4S/c1-5-11(9(2)14)12-7-6-10(8-13(12)16(17)18)21(19,20)15(3)4/h6-9,11H,5H2,1-4H3. The number of rotatable bonds is 6. The molecule has 2 atom stereocenters. The summed E-state index contributed by atoms with van der Waals surface area (Å²) in [6.45, 7) is 3.65. The zero-order chi connectivity index (χ0) is 16.4. The molecule has 0 radical (unpaired) electrons. The molecule has 0 aromatic heterocycles. The van der Waals surface area contributed by atoms with Crippen molar-refractivity contribution in [1.82, 2.24) is 4.31 Å². The number of nitrogens with zero attached hydrogens (tertiary/aromatic N) is 2. The van der Waals surface area contributed by atoms with Crippen molar-refractivity contribution in [3.8, 4) is 0 Å². The highest BCUT2D eigenvalue weighted by Crippen LogP contribution is 2.35. The van der Waals surface area contributed by atoms with Gasteiger partial charge in [0.15, 0.2) is 0 Å². The van der Waals surface area contributed by atoms with E-state index in [-0.39, 0.29) is 21.9 Å². The summed E-state index contributed by atoms with van der Waals surface area (Å²) in [6, 6.07) is 3.98. The predicted molar refractivity (Wildman–Crippen MR) is 82.3 cm³/mol. The molecule has 118 valence electrons. The molecular formula is C13H19ClN2O4S.